The number of morpholine rings is 1. The lowest BCUT2D eigenvalue weighted by Crippen LogP contribution is -2.36. The third-order valence-electron chi connectivity index (χ3n) is 3.34. The van der Waals surface area contributed by atoms with Crippen LogP contribution in [-0.4, -0.2) is 42.4 Å². The summed E-state index contributed by atoms with van der Waals surface area (Å²) in [7, 11) is 0. The maximum Gasteiger partial charge on any atom is 0.336 e. The van der Waals surface area contributed by atoms with Crippen LogP contribution in [0.3, 0.4) is 0 Å². The molecule has 0 atom stereocenters. The molecule has 2 aromatic rings. The fourth-order valence-electron chi connectivity index (χ4n) is 2.33. The van der Waals surface area contributed by atoms with Crippen molar-refractivity contribution in [1.82, 2.24) is 4.98 Å². The minimum absolute atomic E-state index is 0.221. The molecule has 1 aromatic carbocycles. The smallest absolute Gasteiger partial charge is 0.336 e. The van der Waals surface area contributed by atoms with E-state index in [1.165, 1.54) is 0 Å². The number of nitrogens with zero attached hydrogens (tertiary/aromatic N) is 2. The van der Waals surface area contributed by atoms with Gasteiger partial charge >= 0.3 is 5.97 Å². The summed E-state index contributed by atoms with van der Waals surface area (Å²) in [5.74, 6) is -0.347. The Morgan fingerprint density at radius 2 is 2.10 bits per heavy atom. The zero-order chi connectivity index (χ0) is 14.1. The number of benzene rings is 1. The molecule has 1 aliphatic rings. The summed E-state index contributed by atoms with van der Waals surface area (Å²) in [4.78, 5) is 18.0. The first-order valence-corrected chi connectivity index (χ1v) is 6.70. The van der Waals surface area contributed by atoms with Crippen LogP contribution in [0.2, 0.25) is 5.02 Å². The highest BCUT2D eigenvalue weighted by molar-refractivity contribution is 6.35. The number of carboxylic acid groups (broad SMARTS) is 1. The van der Waals surface area contributed by atoms with Crippen LogP contribution in [0.5, 0.6) is 0 Å². The SMILES string of the molecule is O=C(O)c1cc(N2CCOCC2)nc2c(Cl)cccc12. The standard InChI is InChI=1S/C14H13ClN2O3/c15-11-3-1-2-9-10(14(18)19)8-12(16-13(9)11)17-4-6-20-7-5-17/h1-3,8H,4-7H2,(H,18,19). The Morgan fingerprint density at radius 1 is 1.35 bits per heavy atom. The number of halogens is 1. The highest BCUT2D eigenvalue weighted by Crippen LogP contribution is 2.28. The lowest BCUT2D eigenvalue weighted by molar-refractivity contribution is 0.0699. The highest BCUT2D eigenvalue weighted by Gasteiger charge is 2.18. The minimum atomic E-state index is -0.978. The van der Waals surface area contributed by atoms with E-state index >= 15 is 0 Å². The first kappa shape index (κ1) is 13.1. The van der Waals surface area contributed by atoms with E-state index in [0.717, 1.165) is 0 Å². The number of anilines is 1. The summed E-state index contributed by atoms with van der Waals surface area (Å²) in [5.41, 5.74) is 0.745. The van der Waals surface area contributed by atoms with Crippen molar-refractivity contribution in [1.29, 1.82) is 0 Å². The number of ether oxygens (including phenoxy) is 1. The first-order valence-electron chi connectivity index (χ1n) is 6.32. The molecule has 1 N–H and O–H groups in total. The number of hydrogen-bond donors (Lipinski definition) is 1. The summed E-state index contributed by atoms with van der Waals surface area (Å²) < 4.78 is 5.30. The quantitative estimate of drug-likeness (QED) is 0.921. The van der Waals surface area contributed by atoms with Gasteiger partial charge in [-0.1, -0.05) is 23.7 Å². The summed E-state index contributed by atoms with van der Waals surface area (Å²) in [6.07, 6.45) is 0. The molecule has 5 nitrogen and oxygen atoms in total. The van der Waals surface area contributed by atoms with Gasteiger partial charge in [-0.2, -0.15) is 0 Å². The van der Waals surface area contributed by atoms with Crippen molar-refractivity contribution in [3.8, 4) is 0 Å². The van der Waals surface area contributed by atoms with E-state index < -0.39 is 5.97 Å². The zero-order valence-electron chi connectivity index (χ0n) is 10.7. The molecule has 6 heteroatoms. The second-order valence-electron chi connectivity index (χ2n) is 4.57. The number of aromatic carboxylic acids is 1. The summed E-state index contributed by atoms with van der Waals surface area (Å²) >= 11 is 6.15. The van der Waals surface area contributed by atoms with Crippen molar-refractivity contribution in [2.24, 2.45) is 0 Å². The molecule has 104 valence electrons. The van der Waals surface area contributed by atoms with Gasteiger partial charge in [-0.3, -0.25) is 0 Å². The molecule has 0 spiro atoms. The van der Waals surface area contributed by atoms with Crippen LogP contribution >= 0.6 is 11.6 Å². The normalized spacial score (nSPS) is 15.6. The number of fused-ring (bicyclic) bond motifs is 1. The Kier molecular flexibility index (Phi) is 3.46. The lowest BCUT2D eigenvalue weighted by atomic mass is 10.1. The molecule has 0 unspecified atom stereocenters. The van der Waals surface area contributed by atoms with E-state index in [2.05, 4.69) is 4.98 Å². The molecule has 1 fully saturated rings. The summed E-state index contributed by atoms with van der Waals surface area (Å²) in [6, 6.07) is 6.77. The minimum Gasteiger partial charge on any atom is -0.478 e. The van der Waals surface area contributed by atoms with E-state index in [1.54, 1.807) is 24.3 Å². The largest absolute Gasteiger partial charge is 0.478 e. The van der Waals surface area contributed by atoms with Gasteiger partial charge in [-0.05, 0) is 12.1 Å². The second kappa shape index (κ2) is 5.26. The van der Waals surface area contributed by atoms with Crippen LogP contribution in [0, 0.1) is 0 Å². The average Bonchev–Trinajstić information content (AvgIpc) is 2.47. The fraction of sp³-hybridized carbons (Fsp3) is 0.286. The topological polar surface area (TPSA) is 62.7 Å². The van der Waals surface area contributed by atoms with E-state index in [-0.39, 0.29) is 5.56 Å². The molecule has 0 amide bonds. The Morgan fingerprint density at radius 3 is 2.80 bits per heavy atom. The number of carboxylic acids is 1. The van der Waals surface area contributed by atoms with Gasteiger partial charge in [0.05, 0.1) is 29.3 Å². The van der Waals surface area contributed by atoms with E-state index in [9.17, 15) is 9.90 Å². The van der Waals surface area contributed by atoms with Gasteiger partial charge in [0, 0.05) is 18.5 Å². The Hall–Kier alpha value is -1.85. The number of carbonyl (C=O) groups is 1. The second-order valence-corrected chi connectivity index (χ2v) is 4.98. The molecule has 1 saturated heterocycles. The number of rotatable bonds is 2. The predicted octanol–water partition coefficient (Wildman–Crippen LogP) is 2.42. The van der Waals surface area contributed by atoms with Crippen LogP contribution in [0.25, 0.3) is 10.9 Å². The maximum absolute atomic E-state index is 11.4. The van der Waals surface area contributed by atoms with E-state index in [1.807, 2.05) is 4.90 Å². The summed E-state index contributed by atoms with van der Waals surface area (Å²) in [5, 5.41) is 10.4. The Bertz CT molecular complexity index is 669. The number of para-hydroxylation sites is 1. The van der Waals surface area contributed by atoms with Crippen molar-refractivity contribution in [3.63, 3.8) is 0 Å². The van der Waals surface area contributed by atoms with Gasteiger partial charge in [0.1, 0.15) is 5.82 Å². The molecule has 20 heavy (non-hydrogen) atoms. The Balaban J connectivity index is 2.18. The van der Waals surface area contributed by atoms with Crippen LogP contribution in [0.15, 0.2) is 24.3 Å². The molecule has 1 aliphatic heterocycles. The van der Waals surface area contributed by atoms with Crippen molar-refractivity contribution in [2.45, 2.75) is 0 Å². The predicted molar refractivity (Wildman–Crippen MR) is 76.7 cm³/mol. The van der Waals surface area contributed by atoms with E-state index in [4.69, 9.17) is 16.3 Å². The van der Waals surface area contributed by atoms with Gasteiger partial charge in [-0.15, -0.1) is 0 Å². The van der Waals surface area contributed by atoms with Crippen LogP contribution in [0.1, 0.15) is 10.4 Å². The molecule has 0 saturated carbocycles. The first-order chi connectivity index (χ1) is 9.66. The average molecular weight is 293 g/mol. The van der Waals surface area contributed by atoms with Crippen LogP contribution in [0.4, 0.5) is 5.82 Å². The number of pyridine rings is 1. The molecule has 0 bridgehead atoms. The van der Waals surface area contributed by atoms with Crippen molar-refractivity contribution in [3.05, 3.63) is 34.9 Å². The van der Waals surface area contributed by atoms with Gasteiger partial charge in [-0.25, -0.2) is 9.78 Å². The van der Waals surface area contributed by atoms with Gasteiger partial charge in [0.25, 0.3) is 0 Å². The van der Waals surface area contributed by atoms with Crippen molar-refractivity contribution < 1.29 is 14.6 Å². The van der Waals surface area contributed by atoms with Gasteiger partial charge in [0.2, 0.25) is 0 Å². The maximum atomic E-state index is 11.4. The fourth-order valence-corrected chi connectivity index (χ4v) is 2.55. The van der Waals surface area contributed by atoms with Crippen LogP contribution < -0.4 is 4.90 Å². The molecular weight excluding hydrogens is 280 g/mol. The molecule has 0 aliphatic carbocycles. The summed E-state index contributed by atoms with van der Waals surface area (Å²) in [6.45, 7) is 2.62. The lowest BCUT2D eigenvalue weighted by Gasteiger charge is -2.28. The van der Waals surface area contributed by atoms with E-state index in [0.29, 0.717) is 48.0 Å². The monoisotopic (exact) mass is 292 g/mol. The van der Waals surface area contributed by atoms with Gasteiger partial charge in [0.15, 0.2) is 0 Å². The third kappa shape index (κ3) is 2.30. The third-order valence-corrected chi connectivity index (χ3v) is 3.65. The number of aromatic nitrogens is 1. The van der Waals surface area contributed by atoms with Crippen LogP contribution in [-0.2, 0) is 4.74 Å². The number of hydrogen-bond acceptors (Lipinski definition) is 4. The highest BCUT2D eigenvalue weighted by atomic mass is 35.5. The molecule has 3 rings (SSSR count). The van der Waals surface area contributed by atoms with Crippen molar-refractivity contribution >= 4 is 34.3 Å². The Labute approximate surface area is 120 Å². The van der Waals surface area contributed by atoms with Crippen molar-refractivity contribution in [2.75, 3.05) is 31.2 Å². The molecule has 1 aromatic heterocycles. The molecule has 0 radical (unpaired) electrons. The van der Waals surface area contributed by atoms with Gasteiger partial charge < -0.3 is 14.7 Å². The molecular formula is C14H13ClN2O3. The molecule has 2 heterocycles. The zero-order valence-corrected chi connectivity index (χ0v) is 11.4.